The van der Waals surface area contributed by atoms with E-state index in [-0.39, 0.29) is 17.0 Å². The molecule has 1 aromatic rings. The Morgan fingerprint density at radius 2 is 2.00 bits per heavy atom. The van der Waals surface area contributed by atoms with E-state index in [0.717, 1.165) is 19.4 Å². The zero-order valence-corrected chi connectivity index (χ0v) is 12.8. The largest absolute Gasteiger partial charge is 0.486 e. The molecular formula is C14H20N2O4S. The Morgan fingerprint density at radius 3 is 2.76 bits per heavy atom. The van der Waals surface area contributed by atoms with E-state index < -0.39 is 10.0 Å². The minimum Gasteiger partial charge on any atom is -0.486 e. The quantitative estimate of drug-likeness (QED) is 0.866. The first-order chi connectivity index (χ1) is 10.1. The van der Waals surface area contributed by atoms with Gasteiger partial charge in [0.15, 0.2) is 11.5 Å². The Morgan fingerprint density at radius 1 is 1.24 bits per heavy atom. The van der Waals surface area contributed by atoms with Crippen molar-refractivity contribution in [3.05, 3.63) is 18.2 Å². The first-order valence-corrected chi connectivity index (χ1v) is 8.70. The average Bonchev–Trinajstić information content (AvgIpc) is 2.49. The van der Waals surface area contributed by atoms with Crippen molar-refractivity contribution in [2.45, 2.75) is 36.7 Å². The monoisotopic (exact) mass is 312 g/mol. The molecule has 0 amide bonds. The number of rotatable bonds is 3. The summed E-state index contributed by atoms with van der Waals surface area (Å²) in [5.74, 6) is 1.08. The minimum absolute atomic E-state index is 0.0862. The second kappa shape index (κ2) is 5.82. The lowest BCUT2D eigenvalue weighted by molar-refractivity contribution is 0.171. The molecule has 2 N–H and O–H groups in total. The molecule has 2 aliphatic heterocycles. The zero-order chi connectivity index (χ0) is 14.9. The van der Waals surface area contributed by atoms with Gasteiger partial charge in [0, 0.05) is 18.2 Å². The van der Waals surface area contributed by atoms with Crippen LogP contribution in [0.3, 0.4) is 0 Å². The van der Waals surface area contributed by atoms with Gasteiger partial charge in [-0.1, -0.05) is 0 Å². The maximum absolute atomic E-state index is 12.5. The number of piperidine rings is 1. The lowest BCUT2D eigenvalue weighted by Gasteiger charge is -2.30. The number of nitrogens with one attached hydrogen (secondary N) is 2. The van der Waals surface area contributed by atoms with E-state index in [4.69, 9.17) is 9.47 Å². The van der Waals surface area contributed by atoms with Gasteiger partial charge >= 0.3 is 0 Å². The predicted octanol–water partition coefficient (Wildman–Crippen LogP) is 0.877. The Hall–Kier alpha value is -1.31. The van der Waals surface area contributed by atoms with Gasteiger partial charge in [0.25, 0.3) is 0 Å². The highest BCUT2D eigenvalue weighted by molar-refractivity contribution is 7.89. The van der Waals surface area contributed by atoms with Crippen LogP contribution in [0.25, 0.3) is 0 Å². The van der Waals surface area contributed by atoms with E-state index >= 15 is 0 Å². The summed E-state index contributed by atoms with van der Waals surface area (Å²) >= 11 is 0. The third kappa shape index (κ3) is 3.14. The van der Waals surface area contributed by atoms with Gasteiger partial charge < -0.3 is 14.8 Å². The van der Waals surface area contributed by atoms with E-state index in [0.29, 0.717) is 24.7 Å². The zero-order valence-electron chi connectivity index (χ0n) is 12.0. The maximum atomic E-state index is 12.5. The molecule has 0 bridgehead atoms. The Kier molecular flexibility index (Phi) is 4.05. The van der Waals surface area contributed by atoms with Crippen LogP contribution in [0.2, 0.25) is 0 Å². The van der Waals surface area contributed by atoms with Gasteiger partial charge in [-0.3, -0.25) is 0 Å². The van der Waals surface area contributed by atoms with Crippen LogP contribution < -0.4 is 19.5 Å². The molecule has 1 fully saturated rings. The highest BCUT2D eigenvalue weighted by Gasteiger charge is 2.27. The van der Waals surface area contributed by atoms with Gasteiger partial charge in [-0.2, -0.15) is 0 Å². The summed E-state index contributed by atoms with van der Waals surface area (Å²) in [6.45, 7) is 3.86. The van der Waals surface area contributed by atoms with E-state index in [9.17, 15) is 8.42 Å². The summed E-state index contributed by atoms with van der Waals surface area (Å²) in [5.41, 5.74) is 0. The van der Waals surface area contributed by atoms with Crippen molar-refractivity contribution in [3.8, 4) is 11.5 Å². The molecule has 2 aliphatic rings. The number of hydrogen-bond donors (Lipinski definition) is 2. The fourth-order valence-corrected chi connectivity index (χ4v) is 4.03. The molecule has 0 spiro atoms. The Balaban J connectivity index is 1.81. The average molecular weight is 312 g/mol. The summed E-state index contributed by atoms with van der Waals surface area (Å²) in [5, 5.41) is 3.28. The van der Waals surface area contributed by atoms with Crippen molar-refractivity contribution in [2.24, 2.45) is 0 Å². The van der Waals surface area contributed by atoms with Crippen molar-refractivity contribution < 1.29 is 17.9 Å². The molecule has 1 saturated heterocycles. The highest BCUT2D eigenvalue weighted by Crippen LogP contribution is 2.32. The van der Waals surface area contributed by atoms with Crippen LogP contribution in [0.15, 0.2) is 23.1 Å². The van der Waals surface area contributed by atoms with Crippen molar-refractivity contribution in [1.29, 1.82) is 0 Å². The van der Waals surface area contributed by atoms with Crippen molar-refractivity contribution in [3.63, 3.8) is 0 Å². The van der Waals surface area contributed by atoms with Gasteiger partial charge in [0.05, 0.1) is 4.90 Å². The molecule has 3 rings (SSSR count). The number of sulfonamides is 1. The van der Waals surface area contributed by atoms with Crippen LogP contribution in [0.1, 0.15) is 19.8 Å². The second-order valence-corrected chi connectivity index (χ2v) is 7.13. The Bertz CT molecular complexity index is 617. The van der Waals surface area contributed by atoms with Gasteiger partial charge in [0.2, 0.25) is 10.0 Å². The van der Waals surface area contributed by atoms with Gasteiger partial charge in [0.1, 0.15) is 13.2 Å². The maximum Gasteiger partial charge on any atom is 0.241 e. The first-order valence-electron chi connectivity index (χ1n) is 7.22. The van der Waals surface area contributed by atoms with E-state index in [1.165, 1.54) is 6.07 Å². The third-order valence-corrected chi connectivity index (χ3v) is 5.38. The first kappa shape index (κ1) is 14.6. The van der Waals surface area contributed by atoms with Crippen LogP contribution >= 0.6 is 0 Å². The normalized spacial score (nSPS) is 25.6. The molecule has 2 unspecified atom stereocenters. The van der Waals surface area contributed by atoms with Gasteiger partial charge in [-0.05, 0) is 38.4 Å². The fraction of sp³-hybridized carbons (Fsp3) is 0.571. The van der Waals surface area contributed by atoms with Crippen LogP contribution in [-0.2, 0) is 10.0 Å². The topological polar surface area (TPSA) is 76.7 Å². The minimum atomic E-state index is -3.55. The molecular weight excluding hydrogens is 292 g/mol. The molecule has 0 aromatic heterocycles. The molecule has 0 saturated carbocycles. The summed E-state index contributed by atoms with van der Waals surface area (Å²) in [4.78, 5) is 0.213. The molecule has 7 heteroatoms. The summed E-state index contributed by atoms with van der Waals surface area (Å²) in [6.07, 6.45) is 1.82. The van der Waals surface area contributed by atoms with E-state index in [1.54, 1.807) is 12.1 Å². The van der Waals surface area contributed by atoms with Crippen molar-refractivity contribution in [2.75, 3.05) is 19.8 Å². The van der Waals surface area contributed by atoms with Crippen LogP contribution in [0, 0.1) is 0 Å². The smallest absolute Gasteiger partial charge is 0.241 e. The van der Waals surface area contributed by atoms with Gasteiger partial charge in [-0.25, -0.2) is 13.1 Å². The molecule has 2 atom stereocenters. The molecule has 21 heavy (non-hydrogen) atoms. The third-order valence-electron chi connectivity index (χ3n) is 3.89. The summed E-state index contributed by atoms with van der Waals surface area (Å²) in [6, 6.07) is 4.77. The van der Waals surface area contributed by atoms with Crippen LogP contribution in [0.4, 0.5) is 0 Å². The van der Waals surface area contributed by atoms with Crippen molar-refractivity contribution >= 4 is 10.0 Å². The molecule has 0 aliphatic carbocycles. The summed E-state index contributed by atoms with van der Waals surface area (Å²) < 4.78 is 38.6. The number of benzene rings is 1. The lowest BCUT2D eigenvalue weighted by atomic mass is 10.0. The second-order valence-electron chi connectivity index (χ2n) is 5.42. The van der Waals surface area contributed by atoms with E-state index in [1.807, 2.05) is 6.92 Å². The van der Waals surface area contributed by atoms with Crippen molar-refractivity contribution in [1.82, 2.24) is 10.0 Å². The van der Waals surface area contributed by atoms with Gasteiger partial charge in [-0.15, -0.1) is 0 Å². The Labute approximate surface area is 124 Å². The standard InChI is InChI=1S/C14H20N2O4S/c1-10-12(3-2-6-15-10)16-21(17,18)11-4-5-13-14(9-11)20-8-7-19-13/h4-5,9-10,12,15-16H,2-3,6-8H2,1H3. The fourth-order valence-electron chi connectivity index (χ4n) is 2.66. The number of fused-ring (bicyclic) bond motifs is 1. The number of hydrogen-bond acceptors (Lipinski definition) is 5. The predicted molar refractivity (Wildman–Crippen MR) is 78.2 cm³/mol. The van der Waals surface area contributed by atoms with Crippen LogP contribution in [-0.4, -0.2) is 40.3 Å². The summed E-state index contributed by atoms with van der Waals surface area (Å²) in [7, 11) is -3.55. The number of ether oxygens (including phenoxy) is 2. The SMILES string of the molecule is CC1NCCCC1NS(=O)(=O)c1ccc2c(c1)OCCO2. The van der Waals surface area contributed by atoms with E-state index in [2.05, 4.69) is 10.0 Å². The van der Waals surface area contributed by atoms with Crippen LogP contribution in [0.5, 0.6) is 11.5 Å². The molecule has 116 valence electrons. The lowest BCUT2D eigenvalue weighted by Crippen LogP contribution is -2.51. The molecule has 6 nitrogen and oxygen atoms in total. The molecule has 2 heterocycles. The molecule has 1 aromatic carbocycles. The highest BCUT2D eigenvalue weighted by atomic mass is 32.2. The molecule has 0 radical (unpaired) electrons.